The second-order valence-corrected chi connectivity index (χ2v) is 6.09. The summed E-state index contributed by atoms with van der Waals surface area (Å²) < 4.78 is 5.35. The van der Waals surface area contributed by atoms with Crippen LogP contribution in [0.4, 0.5) is 5.82 Å². The Morgan fingerprint density at radius 2 is 1.61 bits per heavy atom. The molecule has 2 heterocycles. The van der Waals surface area contributed by atoms with Gasteiger partial charge >= 0.3 is 5.97 Å². The van der Waals surface area contributed by atoms with Crippen LogP contribution in [0.5, 0.6) is 0 Å². The summed E-state index contributed by atoms with van der Waals surface area (Å²) in [5, 5.41) is 0. The van der Waals surface area contributed by atoms with Gasteiger partial charge in [0, 0.05) is 36.6 Å². The molecule has 28 heavy (non-hydrogen) atoms. The molecule has 0 fully saturated rings. The summed E-state index contributed by atoms with van der Waals surface area (Å²) in [5.74, 6) is 0.738. The van der Waals surface area contributed by atoms with Crippen LogP contribution in [0.15, 0.2) is 54.9 Å². The van der Waals surface area contributed by atoms with E-state index in [1.807, 2.05) is 61.2 Å². The number of carbonyl (C=O) groups excluding carboxylic acids is 1. The zero-order chi connectivity index (χ0) is 19.9. The molecule has 0 N–H and O–H groups in total. The SMILES string of the molecule is CCOC(=O)c1c(-c2ccncc2)nc(-c2ccccc2)nc1N(CC)CC. The monoisotopic (exact) mass is 376 g/mol. The molecule has 2 aromatic heterocycles. The fourth-order valence-electron chi connectivity index (χ4n) is 3.03. The van der Waals surface area contributed by atoms with Gasteiger partial charge in [0.25, 0.3) is 0 Å². The van der Waals surface area contributed by atoms with E-state index in [0.29, 0.717) is 36.0 Å². The standard InChI is InChI=1S/C22H24N4O2/c1-4-26(5-2)21-18(22(27)28-6-3)19(16-12-14-23-15-13-16)24-20(25-21)17-10-8-7-9-11-17/h7-15H,4-6H2,1-3H3. The topological polar surface area (TPSA) is 68.2 Å². The number of hydrogen-bond acceptors (Lipinski definition) is 6. The lowest BCUT2D eigenvalue weighted by Crippen LogP contribution is -2.27. The normalized spacial score (nSPS) is 10.5. The Kier molecular flexibility index (Phi) is 6.32. The van der Waals surface area contributed by atoms with Crippen LogP contribution in [0.2, 0.25) is 0 Å². The number of esters is 1. The van der Waals surface area contributed by atoms with Crippen molar-refractivity contribution in [3.05, 3.63) is 60.4 Å². The van der Waals surface area contributed by atoms with Crippen molar-refractivity contribution in [3.63, 3.8) is 0 Å². The molecule has 0 radical (unpaired) electrons. The number of benzene rings is 1. The molecule has 3 aromatic rings. The highest BCUT2D eigenvalue weighted by Crippen LogP contribution is 2.32. The van der Waals surface area contributed by atoms with Gasteiger partial charge < -0.3 is 9.64 Å². The second-order valence-electron chi connectivity index (χ2n) is 6.09. The van der Waals surface area contributed by atoms with Crippen LogP contribution in [-0.4, -0.2) is 40.6 Å². The van der Waals surface area contributed by atoms with Crippen molar-refractivity contribution < 1.29 is 9.53 Å². The highest BCUT2D eigenvalue weighted by Gasteiger charge is 2.26. The summed E-state index contributed by atoms with van der Waals surface area (Å²) >= 11 is 0. The van der Waals surface area contributed by atoms with E-state index in [4.69, 9.17) is 14.7 Å². The average molecular weight is 376 g/mol. The first-order chi connectivity index (χ1) is 13.7. The Morgan fingerprint density at radius 3 is 2.21 bits per heavy atom. The highest BCUT2D eigenvalue weighted by molar-refractivity contribution is 6.01. The number of aromatic nitrogens is 3. The minimum Gasteiger partial charge on any atom is -0.462 e. The largest absolute Gasteiger partial charge is 0.462 e. The zero-order valence-electron chi connectivity index (χ0n) is 16.4. The third-order valence-corrected chi connectivity index (χ3v) is 4.42. The third-order valence-electron chi connectivity index (χ3n) is 4.42. The maximum atomic E-state index is 12.9. The van der Waals surface area contributed by atoms with Crippen LogP contribution in [0.25, 0.3) is 22.6 Å². The quantitative estimate of drug-likeness (QED) is 0.575. The van der Waals surface area contributed by atoms with E-state index in [9.17, 15) is 4.79 Å². The number of nitrogens with zero attached hydrogens (tertiary/aromatic N) is 4. The molecule has 144 valence electrons. The zero-order valence-corrected chi connectivity index (χ0v) is 16.4. The van der Waals surface area contributed by atoms with Gasteiger partial charge in [-0.05, 0) is 32.9 Å². The van der Waals surface area contributed by atoms with Gasteiger partial charge in [-0.2, -0.15) is 0 Å². The number of carbonyl (C=O) groups is 1. The molecule has 6 heteroatoms. The lowest BCUT2D eigenvalue weighted by molar-refractivity contribution is 0.0527. The van der Waals surface area contributed by atoms with E-state index in [-0.39, 0.29) is 6.61 Å². The molecule has 0 aliphatic rings. The minimum atomic E-state index is -0.421. The fourth-order valence-corrected chi connectivity index (χ4v) is 3.03. The molecular weight excluding hydrogens is 352 g/mol. The van der Waals surface area contributed by atoms with Gasteiger partial charge in [-0.3, -0.25) is 4.98 Å². The molecule has 0 aliphatic carbocycles. The summed E-state index contributed by atoms with van der Waals surface area (Å²) in [6.07, 6.45) is 3.37. The molecule has 1 aromatic carbocycles. The Morgan fingerprint density at radius 1 is 0.929 bits per heavy atom. The van der Waals surface area contributed by atoms with Gasteiger partial charge in [0.1, 0.15) is 11.4 Å². The van der Waals surface area contributed by atoms with Crippen LogP contribution in [0.3, 0.4) is 0 Å². The van der Waals surface area contributed by atoms with E-state index in [1.165, 1.54) is 0 Å². The highest BCUT2D eigenvalue weighted by atomic mass is 16.5. The first-order valence-electron chi connectivity index (χ1n) is 9.49. The second kappa shape index (κ2) is 9.08. The van der Waals surface area contributed by atoms with Crippen LogP contribution in [0, 0.1) is 0 Å². The Labute approximate surface area is 165 Å². The number of anilines is 1. The maximum absolute atomic E-state index is 12.9. The summed E-state index contributed by atoms with van der Waals surface area (Å²) in [6, 6.07) is 13.4. The lowest BCUT2D eigenvalue weighted by atomic mass is 10.1. The van der Waals surface area contributed by atoms with Crippen molar-refractivity contribution in [3.8, 4) is 22.6 Å². The van der Waals surface area contributed by atoms with Crippen molar-refractivity contribution in [2.24, 2.45) is 0 Å². The van der Waals surface area contributed by atoms with Crippen molar-refractivity contribution in [2.75, 3.05) is 24.6 Å². The molecule has 0 spiro atoms. The van der Waals surface area contributed by atoms with E-state index in [0.717, 1.165) is 11.1 Å². The molecule has 0 unspecified atom stereocenters. The van der Waals surface area contributed by atoms with Crippen molar-refractivity contribution in [1.82, 2.24) is 15.0 Å². The van der Waals surface area contributed by atoms with Gasteiger partial charge in [0.05, 0.1) is 12.3 Å². The molecule has 0 amide bonds. The minimum absolute atomic E-state index is 0.284. The van der Waals surface area contributed by atoms with Gasteiger partial charge in [-0.15, -0.1) is 0 Å². The van der Waals surface area contributed by atoms with Crippen LogP contribution < -0.4 is 4.90 Å². The Bertz CT molecular complexity index is 926. The van der Waals surface area contributed by atoms with Crippen molar-refractivity contribution >= 4 is 11.8 Å². The van der Waals surface area contributed by atoms with Gasteiger partial charge in [0.15, 0.2) is 5.82 Å². The molecule has 6 nitrogen and oxygen atoms in total. The summed E-state index contributed by atoms with van der Waals surface area (Å²) in [6.45, 7) is 7.57. The predicted octanol–water partition coefficient (Wildman–Crippen LogP) is 4.23. The van der Waals surface area contributed by atoms with E-state index in [2.05, 4.69) is 4.98 Å². The van der Waals surface area contributed by atoms with Crippen LogP contribution in [-0.2, 0) is 4.74 Å². The lowest BCUT2D eigenvalue weighted by Gasteiger charge is -2.24. The van der Waals surface area contributed by atoms with Crippen molar-refractivity contribution in [1.29, 1.82) is 0 Å². The summed E-state index contributed by atoms with van der Waals surface area (Å²) in [4.78, 5) is 28.6. The molecule has 0 bridgehead atoms. The van der Waals surface area contributed by atoms with Crippen LogP contribution >= 0.6 is 0 Å². The number of rotatable bonds is 7. The first kappa shape index (κ1) is 19.5. The molecule has 0 atom stereocenters. The number of ether oxygens (including phenoxy) is 1. The summed E-state index contributed by atoms with van der Waals surface area (Å²) in [5.41, 5.74) is 2.63. The van der Waals surface area contributed by atoms with Crippen LogP contribution in [0.1, 0.15) is 31.1 Å². The molecule has 0 aliphatic heterocycles. The summed E-state index contributed by atoms with van der Waals surface area (Å²) in [7, 11) is 0. The van der Waals surface area contributed by atoms with Gasteiger partial charge in [0.2, 0.25) is 0 Å². The first-order valence-corrected chi connectivity index (χ1v) is 9.49. The smallest absolute Gasteiger partial charge is 0.344 e. The van der Waals surface area contributed by atoms with Crippen molar-refractivity contribution in [2.45, 2.75) is 20.8 Å². The third kappa shape index (κ3) is 4.01. The van der Waals surface area contributed by atoms with E-state index in [1.54, 1.807) is 19.3 Å². The number of pyridine rings is 1. The van der Waals surface area contributed by atoms with Gasteiger partial charge in [-0.25, -0.2) is 14.8 Å². The Hall–Kier alpha value is -3.28. The number of hydrogen-bond donors (Lipinski definition) is 0. The average Bonchev–Trinajstić information content (AvgIpc) is 2.75. The molecule has 3 rings (SSSR count). The Balaban J connectivity index is 2.32. The predicted molar refractivity (Wildman–Crippen MR) is 110 cm³/mol. The maximum Gasteiger partial charge on any atom is 0.344 e. The van der Waals surface area contributed by atoms with Gasteiger partial charge in [-0.1, -0.05) is 30.3 Å². The fraction of sp³-hybridized carbons (Fsp3) is 0.273. The molecule has 0 saturated carbocycles. The van der Waals surface area contributed by atoms with E-state index < -0.39 is 5.97 Å². The molecule has 0 saturated heterocycles. The molecular formula is C22H24N4O2. The van der Waals surface area contributed by atoms with E-state index >= 15 is 0 Å².